The number of carboxylic acid groups (broad SMARTS) is 1. The number of aliphatic carboxylic acids is 1. The highest BCUT2D eigenvalue weighted by atomic mass is 19.1. The molecule has 0 aliphatic heterocycles. The molecule has 1 aromatic carbocycles. The van der Waals surface area contributed by atoms with Gasteiger partial charge in [0, 0.05) is 18.0 Å². The third kappa shape index (κ3) is 6.70. The lowest BCUT2D eigenvalue weighted by Gasteiger charge is -2.26. The molecule has 0 heterocycles. The Labute approximate surface area is 134 Å². The van der Waals surface area contributed by atoms with Gasteiger partial charge in [0.1, 0.15) is 18.2 Å². The Morgan fingerprint density at radius 3 is 2.74 bits per heavy atom. The Hall–Kier alpha value is -2.75. The topological polar surface area (TPSA) is 87.7 Å². The van der Waals surface area contributed by atoms with E-state index in [9.17, 15) is 14.0 Å². The van der Waals surface area contributed by atoms with Gasteiger partial charge in [-0.25, -0.2) is 9.18 Å². The fraction of sp³-hybridized carbons (Fsp3) is 0.375. The maximum absolute atomic E-state index is 13.2. The first-order valence-electron chi connectivity index (χ1n) is 6.90. The number of halogens is 1. The number of carboxylic acids is 1. The molecule has 0 saturated heterocycles. The first-order valence-corrected chi connectivity index (χ1v) is 6.90. The number of urea groups is 1. The number of benzene rings is 1. The van der Waals surface area contributed by atoms with Gasteiger partial charge in [-0.1, -0.05) is 5.92 Å². The largest absolute Gasteiger partial charge is 0.481 e. The van der Waals surface area contributed by atoms with Crippen molar-refractivity contribution in [1.29, 1.82) is 0 Å². The molecule has 0 radical (unpaired) electrons. The summed E-state index contributed by atoms with van der Waals surface area (Å²) in [5, 5.41) is 13.9. The van der Waals surface area contributed by atoms with Gasteiger partial charge in [-0.3, -0.25) is 4.79 Å². The highest BCUT2D eigenvalue weighted by Crippen LogP contribution is 2.25. The molecule has 0 aliphatic carbocycles. The Morgan fingerprint density at radius 1 is 1.43 bits per heavy atom. The van der Waals surface area contributed by atoms with Crippen molar-refractivity contribution in [3.63, 3.8) is 0 Å². The molecule has 0 aliphatic rings. The maximum atomic E-state index is 13.2. The van der Waals surface area contributed by atoms with Gasteiger partial charge in [0.2, 0.25) is 0 Å². The van der Waals surface area contributed by atoms with Crippen LogP contribution < -0.4 is 15.4 Å². The third-order valence-electron chi connectivity index (χ3n) is 2.92. The molecule has 124 valence electrons. The van der Waals surface area contributed by atoms with Gasteiger partial charge in [-0.2, -0.15) is 0 Å². The van der Waals surface area contributed by atoms with Gasteiger partial charge in [0.15, 0.2) is 0 Å². The highest BCUT2D eigenvalue weighted by molar-refractivity contribution is 5.91. The molecule has 6 nitrogen and oxygen atoms in total. The Kier molecular flexibility index (Phi) is 6.39. The number of hydrogen-bond acceptors (Lipinski definition) is 3. The van der Waals surface area contributed by atoms with Crippen molar-refractivity contribution in [3.05, 3.63) is 24.0 Å². The molecule has 7 heteroatoms. The third-order valence-corrected chi connectivity index (χ3v) is 2.92. The summed E-state index contributed by atoms with van der Waals surface area (Å²) in [5.41, 5.74) is -0.462. The fourth-order valence-electron chi connectivity index (χ4n) is 1.78. The molecule has 1 aromatic rings. The summed E-state index contributed by atoms with van der Waals surface area (Å²) >= 11 is 0. The normalized spacial score (nSPS) is 10.5. The first kappa shape index (κ1) is 18.3. The minimum Gasteiger partial charge on any atom is -0.481 e. The van der Waals surface area contributed by atoms with Crippen molar-refractivity contribution in [2.75, 3.05) is 11.9 Å². The molecule has 0 fully saturated rings. The van der Waals surface area contributed by atoms with Crippen molar-refractivity contribution < 1.29 is 23.8 Å². The number of nitrogens with one attached hydrogen (secondary N) is 2. The van der Waals surface area contributed by atoms with E-state index in [1.807, 2.05) is 0 Å². The van der Waals surface area contributed by atoms with Crippen LogP contribution in [0.25, 0.3) is 0 Å². The van der Waals surface area contributed by atoms with Crippen molar-refractivity contribution in [3.8, 4) is 18.1 Å². The SMILES string of the molecule is C#CCOc1cc(F)ccc1NC(=O)NC(C)(C)CCC(=O)O. The van der Waals surface area contributed by atoms with E-state index in [0.717, 1.165) is 6.07 Å². The van der Waals surface area contributed by atoms with E-state index < -0.39 is 23.4 Å². The van der Waals surface area contributed by atoms with Crippen LogP contribution in [0.3, 0.4) is 0 Å². The summed E-state index contributed by atoms with van der Waals surface area (Å²) in [4.78, 5) is 22.6. The molecule has 0 saturated carbocycles. The number of ether oxygens (including phenoxy) is 1. The molecule has 2 amide bonds. The summed E-state index contributed by atoms with van der Waals surface area (Å²) in [5.74, 6) is 0.901. The predicted molar refractivity (Wildman–Crippen MR) is 83.8 cm³/mol. The van der Waals surface area contributed by atoms with Crippen molar-refractivity contribution in [2.24, 2.45) is 0 Å². The van der Waals surface area contributed by atoms with E-state index in [0.29, 0.717) is 0 Å². The summed E-state index contributed by atoms with van der Waals surface area (Å²) in [6.45, 7) is 3.34. The molecule has 0 aromatic heterocycles. The Morgan fingerprint density at radius 2 is 2.13 bits per heavy atom. The minimum absolute atomic E-state index is 0.0656. The molecular formula is C16H19FN2O4. The lowest BCUT2D eigenvalue weighted by Crippen LogP contribution is -2.45. The molecule has 0 spiro atoms. The quantitative estimate of drug-likeness (QED) is 0.673. The van der Waals surface area contributed by atoms with Crippen molar-refractivity contribution in [1.82, 2.24) is 5.32 Å². The maximum Gasteiger partial charge on any atom is 0.319 e. The second kappa shape index (κ2) is 8.03. The second-order valence-corrected chi connectivity index (χ2v) is 5.49. The van der Waals surface area contributed by atoms with E-state index in [1.165, 1.54) is 12.1 Å². The molecule has 3 N–H and O–H groups in total. The van der Waals surface area contributed by atoms with Gasteiger partial charge in [-0.15, -0.1) is 6.42 Å². The van der Waals surface area contributed by atoms with E-state index in [4.69, 9.17) is 16.3 Å². The van der Waals surface area contributed by atoms with Crippen LogP contribution >= 0.6 is 0 Å². The average Bonchev–Trinajstić information content (AvgIpc) is 2.45. The highest BCUT2D eigenvalue weighted by Gasteiger charge is 2.22. The zero-order valence-corrected chi connectivity index (χ0v) is 13.0. The number of carbonyl (C=O) groups excluding carboxylic acids is 1. The predicted octanol–water partition coefficient (Wildman–Crippen LogP) is 2.60. The van der Waals surface area contributed by atoms with Crippen LogP contribution in [0.2, 0.25) is 0 Å². The van der Waals surface area contributed by atoms with Crippen LogP contribution in [0.4, 0.5) is 14.9 Å². The number of hydrogen-bond donors (Lipinski definition) is 3. The molecule has 23 heavy (non-hydrogen) atoms. The van der Waals surface area contributed by atoms with Crippen LogP contribution in [0.15, 0.2) is 18.2 Å². The van der Waals surface area contributed by atoms with Gasteiger partial charge < -0.3 is 20.5 Å². The molecule has 1 rings (SSSR count). The number of amides is 2. The van der Waals surface area contributed by atoms with E-state index >= 15 is 0 Å². The number of rotatable bonds is 7. The standard InChI is InChI=1S/C16H19FN2O4/c1-4-9-23-13-10-11(17)5-6-12(13)18-15(22)19-16(2,3)8-7-14(20)21/h1,5-6,10H,7-9H2,2-3H3,(H,20,21)(H2,18,19,22). The number of anilines is 1. The smallest absolute Gasteiger partial charge is 0.319 e. The van der Waals surface area contributed by atoms with Crippen LogP contribution in [0.1, 0.15) is 26.7 Å². The summed E-state index contributed by atoms with van der Waals surface area (Å²) < 4.78 is 18.4. The average molecular weight is 322 g/mol. The summed E-state index contributed by atoms with van der Waals surface area (Å²) in [6.07, 6.45) is 5.28. The molecular weight excluding hydrogens is 303 g/mol. The zero-order chi connectivity index (χ0) is 17.5. The molecule has 0 bridgehead atoms. The fourth-order valence-corrected chi connectivity index (χ4v) is 1.78. The number of carbonyl (C=O) groups is 2. The van der Waals surface area contributed by atoms with Gasteiger partial charge in [-0.05, 0) is 32.4 Å². The van der Waals surface area contributed by atoms with Crippen LogP contribution in [0, 0.1) is 18.2 Å². The van der Waals surface area contributed by atoms with Gasteiger partial charge >= 0.3 is 12.0 Å². The molecule has 0 atom stereocenters. The first-order chi connectivity index (χ1) is 10.7. The summed E-state index contributed by atoms with van der Waals surface area (Å²) in [7, 11) is 0. The van der Waals surface area contributed by atoms with Crippen LogP contribution in [-0.4, -0.2) is 29.3 Å². The van der Waals surface area contributed by atoms with E-state index in [1.54, 1.807) is 13.8 Å². The minimum atomic E-state index is -0.941. The summed E-state index contributed by atoms with van der Waals surface area (Å²) in [6, 6.07) is 3.08. The van der Waals surface area contributed by atoms with Crippen LogP contribution in [-0.2, 0) is 4.79 Å². The lowest BCUT2D eigenvalue weighted by molar-refractivity contribution is -0.137. The van der Waals surface area contributed by atoms with Gasteiger partial charge in [0.05, 0.1) is 5.69 Å². The lowest BCUT2D eigenvalue weighted by atomic mass is 9.99. The number of terminal acetylenes is 1. The Balaban J connectivity index is 2.73. The zero-order valence-electron chi connectivity index (χ0n) is 13.0. The molecule has 0 unspecified atom stereocenters. The van der Waals surface area contributed by atoms with Crippen LogP contribution in [0.5, 0.6) is 5.75 Å². The Bertz CT molecular complexity index is 623. The monoisotopic (exact) mass is 322 g/mol. The second-order valence-electron chi connectivity index (χ2n) is 5.49. The van der Waals surface area contributed by atoms with Gasteiger partial charge in [0.25, 0.3) is 0 Å². The van der Waals surface area contributed by atoms with E-state index in [-0.39, 0.29) is 30.9 Å². The van der Waals surface area contributed by atoms with Crippen molar-refractivity contribution >= 4 is 17.7 Å². The van der Waals surface area contributed by atoms with E-state index in [2.05, 4.69) is 16.6 Å². The van der Waals surface area contributed by atoms with Crippen molar-refractivity contribution in [2.45, 2.75) is 32.2 Å².